The Bertz CT molecular complexity index is 313. The van der Waals surface area contributed by atoms with E-state index in [9.17, 15) is 4.79 Å². The van der Waals surface area contributed by atoms with Gasteiger partial charge in [-0.15, -0.1) is 0 Å². The molecule has 1 amide bonds. The van der Waals surface area contributed by atoms with Crippen LogP contribution in [-0.4, -0.2) is 21.6 Å². The van der Waals surface area contributed by atoms with Crippen molar-refractivity contribution in [2.75, 3.05) is 11.1 Å². The Morgan fingerprint density at radius 2 is 2.00 bits per heavy atom. The zero-order chi connectivity index (χ0) is 9.84. The lowest BCUT2D eigenvalue weighted by atomic mass is 10.5. The highest BCUT2D eigenvalue weighted by Crippen LogP contribution is 2.25. The summed E-state index contributed by atoms with van der Waals surface area (Å²) in [6.07, 6.45) is 1.21. The molecule has 0 aliphatic carbocycles. The molecule has 7 heteroatoms. The lowest BCUT2D eigenvalue weighted by Gasteiger charge is -2.05. The first-order valence-corrected chi connectivity index (χ1v) is 4.60. The summed E-state index contributed by atoms with van der Waals surface area (Å²) in [5.41, 5.74) is 0.213. The van der Waals surface area contributed by atoms with Gasteiger partial charge in [-0.3, -0.25) is 4.79 Å². The number of hydrogen-bond acceptors (Lipinski definition) is 4. The van der Waals surface area contributed by atoms with Crippen molar-refractivity contribution in [1.29, 1.82) is 0 Å². The predicted octanol–water partition coefficient (Wildman–Crippen LogP) is 1.65. The lowest BCUT2D eigenvalue weighted by molar-refractivity contribution is -0.113. The van der Waals surface area contributed by atoms with Gasteiger partial charge < -0.3 is 5.32 Å². The van der Waals surface area contributed by atoms with Gasteiger partial charge in [0.05, 0.1) is 5.75 Å². The first-order chi connectivity index (χ1) is 6.15. The standard InChI is InChI=1S/C6H5Cl2N3OS/c7-5-4(11-3(12)1-13)6(8)10-2-9-5/h2,13H,1H2,(H,11,12). The second kappa shape index (κ2) is 4.64. The van der Waals surface area contributed by atoms with Gasteiger partial charge >= 0.3 is 0 Å². The highest BCUT2D eigenvalue weighted by atomic mass is 35.5. The van der Waals surface area contributed by atoms with Gasteiger partial charge in [0.2, 0.25) is 5.91 Å². The minimum Gasteiger partial charge on any atom is -0.320 e. The van der Waals surface area contributed by atoms with Crippen LogP contribution in [0.4, 0.5) is 5.69 Å². The fourth-order valence-corrected chi connectivity index (χ4v) is 1.11. The van der Waals surface area contributed by atoms with E-state index in [2.05, 4.69) is 27.9 Å². The molecule has 4 nitrogen and oxygen atoms in total. The molecule has 0 saturated heterocycles. The smallest absolute Gasteiger partial charge is 0.234 e. The molecule has 0 aromatic carbocycles. The Morgan fingerprint density at radius 1 is 1.46 bits per heavy atom. The molecule has 0 fully saturated rings. The molecule has 0 bridgehead atoms. The van der Waals surface area contributed by atoms with Gasteiger partial charge in [-0.2, -0.15) is 12.6 Å². The number of aromatic nitrogens is 2. The lowest BCUT2D eigenvalue weighted by Crippen LogP contribution is -2.14. The summed E-state index contributed by atoms with van der Waals surface area (Å²) in [4.78, 5) is 18.2. The first kappa shape index (κ1) is 10.6. The van der Waals surface area contributed by atoms with Crippen molar-refractivity contribution in [2.24, 2.45) is 0 Å². The molecule has 1 heterocycles. The van der Waals surface area contributed by atoms with E-state index < -0.39 is 0 Å². The van der Waals surface area contributed by atoms with Crippen molar-refractivity contribution < 1.29 is 4.79 Å². The minimum atomic E-state index is -0.318. The third kappa shape index (κ3) is 2.72. The molecule has 0 saturated carbocycles. The number of halogens is 2. The second-order valence-corrected chi connectivity index (χ2v) is 3.07. The molecule has 1 rings (SSSR count). The summed E-state index contributed by atoms with van der Waals surface area (Å²) < 4.78 is 0. The number of nitrogens with zero attached hydrogens (tertiary/aromatic N) is 2. The van der Waals surface area contributed by atoms with Gasteiger partial charge in [-0.1, -0.05) is 23.2 Å². The second-order valence-electron chi connectivity index (χ2n) is 2.04. The monoisotopic (exact) mass is 237 g/mol. The van der Waals surface area contributed by atoms with Gasteiger partial charge in [0, 0.05) is 0 Å². The summed E-state index contributed by atoms with van der Waals surface area (Å²) in [5.74, 6) is -0.274. The van der Waals surface area contributed by atoms with Crippen LogP contribution in [0.2, 0.25) is 10.3 Å². The average Bonchev–Trinajstić information content (AvgIpc) is 2.11. The Kier molecular flexibility index (Phi) is 3.77. The number of rotatable bonds is 2. The van der Waals surface area contributed by atoms with E-state index >= 15 is 0 Å². The molecule has 1 N–H and O–H groups in total. The zero-order valence-corrected chi connectivity index (χ0v) is 8.70. The molecule has 70 valence electrons. The quantitative estimate of drug-likeness (QED) is 0.608. The maximum Gasteiger partial charge on any atom is 0.234 e. The Morgan fingerprint density at radius 3 is 2.46 bits per heavy atom. The predicted molar refractivity (Wildman–Crippen MR) is 54.5 cm³/mol. The van der Waals surface area contributed by atoms with Crippen molar-refractivity contribution in [2.45, 2.75) is 0 Å². The number of hydrogen-bond donors (Lipinski definition) is 2. The number of carbonyl (C=O) groups is 1. The van der Waals surface area contributed by atoms with Crippen molar-refractivity contribution in [3.05, 3.63) is 16.6 Å². The Balaban J connectivity index is 2.93. The van der Waals surface area contributed by atoms with Crippen LogP contribution >= 0.6 is 35.8 Å². The van der Waals surface area contributed by atoms with Crippen LogP contribution in [0.5, 0.6) is 0 Å². The van der Waals surface area contributed by atoms with Gasteiger partial charge in [0.15, 0.2) is 10.3 Å². The van der Waals surface area contributed by atoms with Crippen LogP contribution < -0.4 is 5.32 Å². The molecule has 0 unspecified atom stereocenters. The molecule has 1 aromatic rings. The fourth-order valence-electron chi connectivity index (χ4n) is 0.627. The summed E-state index contributed by atoms with van der Waals surface area (Å²) in [7, 11) is 0. The summed E-state index contributed by atoms with van der Waals surface area (Å²) in [6.45, 7) is 0. The Hall–Kier alpha value is -0.520. The van der Waals surface area contributed by atoms with Gasteiger partial charge in [0.25, 0.3) is 0 Å². The van der Waals surface area contributed by atoms with E-state index in [1.807, 2.05) is 0 Å². The van der Waals surface area contributed by atoms with Gasteiger partial charge in [-0.25, -0.2) is 9.97 Å². The average molecular weight is 238 g/mol. The molecule has 0 aliphatic heterocycles. The molecule has 1 aromatic heterocycles. The van der Waals surface area contributed by atoms with Crippen molar-refractivity contribution in [3.8, 4) is 0 Å². The number of thiol groups is 1. The van der Waals surface area contributed by atoms with E-state index in [1.54, 1.807) is 0 Å². The number of anilines is 1. The SMILES string of the molecule is O=C(CS)Nc1c(Cl)ncnc1Cl. The largest absolute Gasteiger partial charge is 0.320 e. The minimum absolute atomic E-state index is 0.0432. The van der Waals surface area contributed by atoms with Crippen LogP contribution in [0.25, 0.3) is 0 Å². The van der Waals surface area contributed by atoms with Crippen LogP contribution in [0, 0.1) is 0 Å². The highest BCUT2D eigenvalue weighted by Gasteiger charge is 2.09. The molecule has 0 atom stereocenters. The highest BCUT2D eigenvalue weighted by molar-refractivity contribution is 7.81. The topological polar surface area (TPSA) is 54.9 Å². The van der Waals surface area contributed by atoms with Gasteiger partial charge in [0.1, 0.15) is 12.0 Å². The number of carbonyl (C=O) groups excluding carboxylic acids is 1. The summed E-state index contributed by atoms with van der Waals surface area (Å²) in [5, 5.41) is 2.64. The third-order valence-electron chi connectivity index (χ3n) is 1.16. The maximum atomic E-state index is 10.9. The third-order valence-corrected chi connectivity index (χ3v) is 2.02. The van der Waals surface area contributed by atoms with Crippen LogP contribution in [0.15, 0.2) is 6.33 Å². The fraction of sp³-hybridized carbons (Fsp3) is 0.167. The molecule has 0 radical (unpaired) electrons. The molecule has 13 heavy (non-hydrogen) atoms. The van der Waals surface area contributed by atoms with Crippen molar-refractivity contribution in [3.63, 3.8) is 0 Å². The maximum absolute atomic E-state index is 10.9. The van der Waals surface area contributed by atoms with E-state index in [1.165, 1.54) is 6.33 Å². The van der Waals surface area contributed by atoms with E-state index in [0.29, 0.717) is 0 Å². The van der Waals surface area contributed by atoms with Crippen LogP contribution in [-0.2, 0) is 4.79 Å². The first-order valence-electron chi connectivity index (χ1n) is 3.22. The van der Waals surface area contributed by atoms with E-state index in [0.717, 1.165) is 0 Å². The Labute approximate surface area is 90.1 Å². The van der Waals surface area contributed by atoms with Crippen molar-refractivity contribution >= 4 is 47.4 Å². The van der Waals surface area contributed by atoms with E-state index in [4.69, 9.17) is 23.2 Å². The molecular formula is C6H5Cl2N3OS. The summed E-state index contributed by atoms with van der Waals surface area (Å²) in [6, 6.07) is 0. The van der Waals surface area contributed by atoms with Crippen molar-refractivity contribution in [1.82, 2.24) is 9.97 Å². The molecule has 0 spiro atoms. The normalized spacial score (nSPS) is 9.77. The van der Waals surface area contributed by atoms with Crippen LogP contribution in [0.3, 0.4) is 0 Å². The zero-order valence-electron chi connectivity index (χ0n) is 6.29. The molecular weight excluding hydrogens is 233 g/mol. The van der Waals surface area contributed by atoms with E-state index in [-0.39, 0.29) is 27.7 Å². The summed E-state index contributed by atoms with van der Waals surface area (Å²) >= 11 is 15.1. The molecule has 0 aliphatic rings. The van der Waals surface area contributed by atoms with Crippen LogP contribution in [0.1, 0.15) is 0 Å². The number of amides is 1. The van der Waals surface area contributed by atoms with Gasteiger partial charge in [-0.05, 0) is 0 Å². The number of nitrogens with one attached hydrogen (secondary N) is 1.